The molecule has 130 valence electrons. The SMILES string of the molecule is Cc1ccc2[nH]c3c(c2c1)CCC(NS(=O)(=O)c1ccc(F)cc1)C3. The van der Waals surface area contributed by atoms with Gasteiger partial charge in [0, 0.05) is 29.1 Å². The van der Waals surface area contributed by atoms with Gasteiger partial charge in [0.05, 0.1) is 4.90 Å². The molecule has 3 aromatic rings. The zero-order valence-corrected chi connectivity index (χ0v) is 14.7. The van der Waals surface area contributed by atoms with Gasteiger partial charge in [-0.3, -0.25) is 0 Å². The van der Waals surface area contributed by atoms with E-state index in [9.17, 15) is 12.8 Å². The quantitative estimate of drug-likeness (QED) is 0.753. The average Bonchev–Trinajstić information content (AvgIpc) is 2.92. The van der Waals surface area contributed by atoms with Crippen molar-refractivity contribution in [2.24, 2.45) is 0 Å². The maximum Gasteiger partial charge on any atom is 0.240 e. The smallest absolute Gasteiger partial charge is 0.240 e. The van der Waals surface area contributed by atoms with Crippen molar-refractivity contribution in [3.8, 4) is 0 Å². The van der Waals surface area contributed by atoms with E-state index in [0.29, 0.717) is 6.42 Å². The number of sulfonamides is 1. The molecule has 6 heteroatoms. The van der Waals surface area contributed by atoms with E-state index < -0.39 is 15.8 Å². The first-order valence-electron chi connectivity index (χ1n) is 8.30. The number of fused-ring (bicyclic) bond motifs is 3. The summed E-state index contributed by atoms with van der Waals surface area (Å²) in [6.07, 6.45) is 2.20. The first kappa shape index (κ1) is 16.3. The van der Waals surface area contributed by atoms with Crippen molar-refractivity contribution in [2.45, 2.75) is 37.1 Å². The highest BCUT2D eigenvalue weighted by Crippen LogP contribution is 2.30. The molecule has 25 heavy (non-hydrogen) atoms. The molecule has 2 N–H and O–H groups in total. The van der Waals surface area contributed by atoms with E-state index in [-0.39, 0.29) is 10.9 Å². The summed E-state index contributed by atoms with van der Waals surface area (Å²) in [4.78, 5) is 3.51. The summed E-state index contributed by atoms with van der Waals surface area (Å²) in [7, 11) is -3.65. The van der Waals surface area contributed by atoms with Crippen LogP contribution in [0.1, 0.15) is 23.2 Å². The van der Waals surface area contributed by atoms with Crippen molar-refractivity contribution in [1.82, 2.24) is 9.71 Å². The Bertz CT molecular complexity index is 1040. The van der Waals surface area contributed by atoms with Gasteiger partial charge in [0.25, 0.3) is 0 Å². The highest BCUT2D eigenvalue weighted by molar-refractivity contribution is 7.89. The first-order chi connectivity index (χ1) is 11.9. The van der Waals surface area contributed by atoms with Crippen LogP contribution in [0, 0.1) is 12.7 Å². The van der Waals surface area contributed by atoms with Crippen LogP contribution in [0.4, 0.5) is 4.39 Å². The van der Waals surface area contributed by atoms with Crippen molar-refractivity contribution in [3.63, 3.8) is 0 Å². The van der Waals surface area contributed by atoms with Crippen LogP contribution in [0.25, 0.3) is 10.9 Å². The normalized spacial score (nSPS) is 17.6. The third-order valence-electron chi connectivity index (χ3n) is 4.79. The van der Waals surface area contributed by atoms with Crippen LogP contribution in [0.2, 0.25) is 0 Å². The second kappa shape index (κ2) is 5.97. The minimum atomic E-state index is -3.65. The number of aromatic nitrogens is 1. The molecule has 1 aliphatic carbocycles. The van der Waals surface area contributed by atoms with Crippen LogP contribution in [-0.2, 0) is 22.9 Å². The largest absolute Gasteiger partial charge is 0.358 e. The fourth-order valence-corrected chi connectivity index (χ4v) is 4.82. The first-order valence-corrected chi connectivity index (χ1v) is 9.79. The molecular formula is C19H19FN2O2S. The second-order valence-corrected chi connectivity index (χ2v) is 8.36. The molecule has 0 saturated carbocycles. The number of H-pyrrole nitrogens is 1. The van der Waals surface area contributed by atoms with Gasteiger partial charge >= 0.3 is 0 Å². The number of benzene rings is 2. The van der Waals surface area contributed by atoms with Crippen molar-refractivity contribution in [3.05, 3.63) is 65.1 Å². The number of halogens is 1. The topological polar surface area (TPSA) is 62.0 Å². The Labute approximate surface area is 146 Å². The zero-order valence-electron chi connectivity index (χ0n) is 13.8. The van der Waals surface area contributed by atoms with Crippen LogP contribution >= 0.6 is 0 Å². The summed E-state index contributed by atoms with van der Waals surface area (Å²) in [5.41, 5.74) is 4.70. The third-order valence-corrected chi connectivity index (χ3v) is 6.33. The number of nitrogens with one attached hydrogen (secondary N) is 2. The lowest BCUT2D eigenvalue weighted by molar-refractivity contribution is 0.505. The molecule has 0 bridgehead atoms. The highest BCUT2D eigenvalue weighted by atomic mass is 32.2. The van der Waals surface area contributed by atoms with Gasteiger partial charge in [-0.2, -0.15) is 0 Å². The van der Waals surface area contributed by atoms with Crippen molar-refractivity contribution in [1.29, 1.82) is 0 Å². The average molecular weight is 358 g/mol. The molecule has 0 saturated heterocycles. The molecule has 0 amide bonds. The molecule has 1 aliphatic rings. The van der Waals surface area contributed by atoms with Gasteiger partial charge in [-0.25, -0.2) is 17.5 Å². The predicted octanol–water partition coefficient (Wildman–Crippen LogP) is 3.45. The van der Waals surface area contributed by atoms with E-state index >= 15 is 0 Å². The Morgan fingerprint density at radius 3 is 2.68 bits per heavy atom. The molecule has 1 heterocycles. The molecular weight excluding hydrogens is 339 g/mol. The van der Waals surface area contributed by atoms with Crippen LogP contribution < -0.4 is 4.72 Å². The highest BCUT2D eigenvalue weighted by Gasteiger charge is 2.26. The molecule has 0 radical (unpaired) electrons. The summed E-state index contributed by atoms with van der Waals surface area (Å²) < 4.78 is 40.8. The molecule has 0 fully saturated rings. The number of rotatable bonds is 3. The molecule has 2 aromatic carbocycles. The summed E-state index contributed by atoms with van der Waals surface area (Å²) in [6.45, 7) is 2.07. The Balaban J connectivity index is 1.58. The van der Waals surface area contributed by atoms with E-state index in [4.69, 9.17) is 0 Å². The summed E-state index contributed by atoms with van der Waals surface area (Å²) in [6, 6.07) is 11.0. The summed E-state index contributed by atoms with van der Waals surface area (Å²) >= 11 is 0. The Morgan fingerprint density at radius 2 is 1.92 bits per heavy atom. The number of hydrogen-bond donors (Lipinski definition) is 2. The fraction of sp³-hybridized carbons (Fsp3) is 0.263. The maximum atomic E-state index is 13.0. The van der Waals surface area contributed by atoms with E-state index in [0.717, 1.165) is 36.2 Å². The minimum absolute atomic E-state index is 0.0898. The number of hydrogen-bond acceptors (Lipinski definition) is 2. The summed E-state index contributed by atoms with van der Waals surface area (Å²) in [5.74, 6) is -0.449. The Kier molecular flexibility index (Phi) is 3.89. The van der Waals surface area contributed by atoms with Crippen molar-refractivity contribution < 1.29 is 12.8 Å². The second-order valence-electron chi connectivity index (χ2n) is 6.65. The monoisotopic (exact) mass is 358 g/mol. The van der Waals surface area contributed by atoms with Gasteiger partial charge < -0.3 is 4.98 Å². The van der Waals surface area contributed by atoms with Crippen LogP contribution in [0.3, 0.4) is 0 Å². The van der Waals surface area contributed by atoms with Crippen LogP contribution in [0.5, 0.6) is 0 Å². The van der Waals surface area contributed by atoms with E-state index in [2.05, 4.69) is 34.8 Å². The standard InChI is InChI=1S/C19H19FN2O2S/c1-12-2-9-18-17(10-12)16-8-5-14(11-19(16)21-18)22-25(23,24)15-6-3-13(20)4-7-15/h2-4,6-7,9-10,14,21-22H,5,8,11H2,1H3. The van der Waals surface area contributed by atoms with Crippen LogP contribution in [0.15, 0.2) is 47.4 Å². The predicted molar refractivity (Wildman–Crippen MR) is 95.6 cm³/mol. The summed E-state index contributed by atoms with van der Waals surface area (Å²) in [5, 5.41) is 1.23. The zero-order chi connectivity index (χ0) is 17.6. The van der Waals surface area contributed by atoms with Gasteiger partial charge in [0.1, 0.15) is 5.82 Å². The fourth-order valence-electron chi connectivity index (χ4n) is 3.55. The lowest BCUT2D eigenvalue weighted by Gasteiger charge is -2.23. The van der Waals surface area contributed by atoms with Crippen molar-refractivity contribution >= 4 is 20.9 Å². The lowest BCUT2D eigenvalue weighted by Crippen LogP contribution is -2.38. The molecule has 1 unspecified atom stereocenters. The number of aryl methyl sites for hydroxylation is 2. The Morgan fingerprint density at radius 1 is 1.16 bits per heavy atom. The molecule has 4 nitrogen and oxygen atoms in total. The third kappa shape index (κ3) is 3.07. The van der Waals surface area contributed by atoms with Gasteiger partial charge in [-0.15, -0.1) is 0 Å². The van der Waals surface area contributed by atoms with Crippen LogP contribution in [-0.4, -0.2) is 19.4 Å². The van der Waals surface area contributed by atoms with E-state index in [1.165, 1.54) is 28.6 Å². The van der Waals surface area contributed by atoms with Crippen molar-refractivity contribution in [2.75, 3.05) is 0 Å². The minimum Gasteiger partial charge on any atom is -0.358 e. The molecule has 0 aliphatic heterocycles. The molecule has 1 aromatic heterocycles. The van der Waals surface area contributed by atoms with Gasteiger partial charge in [-0.1, -0.05) is 11.6 Å². The molecule has 1 atom stereocenters. The maximum absolute atomic E-state index is 13.0. The molecule has 4 rings (SSSR count). The molecule has 0 spiro atoms. The number of aromatic amines is 1. The van der Waals surface area contributed by atoms with E-state index in [1.54, 1.807) is 0 Å². The van der Waals surface area contributed by atoms with E-state index in [1.807, 2.05) is 0 Å². The Hall–Kier alpha value is -2.18. The van der Waals surface area contributed by atoms with Gasteiger partial charge in [-0.05, 0) is 61.7 Å². The lowest BCUT2D eigenvalue weighted by atomic mass is 9.92. The van der Waals surface area contributed by atoms with Gasteiger partial charge in [0.2, 0.25) is 10.0 Å². The van der Waals surface area contributed by atoms with Gasteiger partial charge in [0.15, 0.2) is 0 Å².